The van der Waals surface area contributed by atoms with Crippen molar-refractivity contribution < 1.29 is 19.5 Å². The second-order valence-electron chi connectivity index (χ2n) is 7.87. The number of nitrogens with one attached hydrogen (secondary N) is 2. The Balaban J connectivity index is 3.65. The zero-order chi connectivity index (χ0) is 23.2. The topological polar surface area (TPSA) is 122 Å². The Morgan fingerprint density at radius 1 is 0.871 bits per heavy atom. The Morgan fingerprint density at radius 2 is 1.48 bits per heavy atom. The lowest BCUT2D eigenvalue weighted by Crippen LogP contribution is -2.41. The van der Waals surface area contributed by atoms with E-state index in [9.17, 15) is 19.5 Å². The standard InChI is InChI=1S/C24H43N3O4/c1-2-3-4-5-6-7-8-9-10-11-12-13-14-15-16-19-22(28)27-21(23(29)30)18-17-20-26-24(25)31/h6-7,9-10,21H,2-5,8,11-20H2,1H3,(H,27,28)(H,29,30)(H3,25,26,31)/b7-6+,10-9+/t21-/m0/s1. The third-order valence-corrected chi connectivity index (χ3v) is 4.96. The molecule has 31 heavy (non-hydrogen) atoms. The second kappa shape index (κ2) is 20.9. The molecule has 0 saturated carbocycles. The third-order valence-electron chi connectivity index (χ3n) is 4.96. The average Bonchev–Trinajstić information content (AvgIpc) is 2.72. The predicted molar refractivity (Wildman–Crippen MR) is 126 cm³/mol. The van der Waals surface area contributed by atoms with Gasteiger partial charge in [-0.3, -0.25) is 4.79 Å². The summed E-state index contributed by atoms with van der Waals surface area (Å²) in [5.74, 6) is -1.30. The highest BCUT2D eigenvalue weighted by Crippen LogP contribution is 2.08. The first-order valence-corrected chi connectivity index (χ1v) is 11.8. The van der Waals surface area contributed by atoms with Crippen LogP contribution in [0.2, 0.25) is 0 Å². The monoisotopic (exact) mass is 437 g/mol. The Hall–Kier alpha value is -2.31. The zero-order valence-electron chi connectivity index (χ0n) is 19.2. The van der Waals surface area contributed by atoms with Gasteiger partial charge >= 0.3 is 12.0 Å². The zero-order valence-corrected chi connectivity index (χ0v) is 19.2. The summed E-state index contributed by atoms with van der Waals surface area (Å²) in [5.41, 5.74) is 4.96. The second-order valence-corrected chi connectivity index (χ2v) is 7.87. The Bertz CT molecular complexity index is 547. The van der Waals surface area contributed by atoms with E-state index in [1.807, 2.05) is 0 Å². The summed E-state index contributed by atoms with van der Waals surface area (Å²) >= 11 is 0. The number of carbonyl (C=O) groups is 3. The fraction of sp³-hybridized carbons (Fsp3) is 0.708. The van der Waals surface area contributed by atoms with Crippen LogP contribution < -0.4 is 16.4 Å². The molecule has 0 radical (unpaired) electrons. The number of carboxylic acid groups (broad SMARTS) is 1. The van der Waals surface area contributed by atoms with Crippen LogP contribution in [0.25, 0.3) is 0 Å². The smallest absolute Gasteiger partial charge is 0.326 e. The van der Waals surface area contributed by atoms with Gasteiger partial charge in [0.2, 0.25) is 5.91 Å². The molecule has 0 aliphatic rings. The van der Waals surface area contributed by atoms with Gasteiger partial charge < -0.3 is 21.5 Å². The molecule has 1 atom stereocenters. The molecule has 0 spiro atoms. The summed E-state index contributed by atoms with van der Waals surface area (Å²) in [6.07, 6.45) is 22.3. The van der Waals surface area contributed by atoms with Crippen molar-refractivity contribution in [1.82, 2.24) is 10.6 Å². The first-order valence-electron chi connectivity index (χ1n) is 11.8. The number of hydrogen-bond acceptors (Lipinski definition) is 3. The molecule has 0 rings (SSSR count). The minimum absolute atomic E-state index is 0.235. The van der Waals surface area contributed by atoms with Crippen LogP contribution in [0.1, 0.15) is 96.8 Å². The largest absolute Gasteiger partial charge is 0.480 e. The minimum Gasteiger partial charge on any atom is -0.480 e. The van der Waals surface area contributed by atoms with E-state index in [0.717, 1.165) is 44.9 Å². The quantitative estimate of drug-likeness (QED) is 0.161. The van der Waals surface area contributed by atoms with Crippen LogP contribution in [0.5, 0.6) is 0 Å². The number of rotatable bonds is 20. The van der Waals surface area contributed by atoms with E-state index in [4.69, 9.17) is 5.73 Å². The van der Waals surface area contributed by atoms with Crippen LogP contribution in [0.15, 0.2) is 24.3 Å². The molecule has 0 aliphatic heterocycles. The van der Waals surface area contributed by atoms with E-state index in [0.29, 0.717) is 19.4 Å². The van der Waals surface area contributed by atoms with Gasteiger partial charge in [0.05, 0.1) is 0 Å². The molecule has 0 aromatic heterocycles. The fourth-order valence-corrected chi connectivity index (χ4v) is 3.14. The minimum atomic E-state index is -1.06. The number of carboxylic acids is 1. The number of amides is 3. The maximum Gasteiger partial charge on any atom is 0.326 e. The van der Waals surface area contributed by atoms with Crippen molar-refractivity contribution in [3.63, 3.8) is 0 Å². The van der Waals surface area contributed by atoms with E-state index >= 15 is 0 Å². The first kappa shape index (κ1) is 28.7. The van der Waals surface area contributed by atoms with Crippen LogP contribution >= 0.6 is 0 Å². The molecule has 0 fully saturated rings. The molecule has 0 bridgehead atoms. The molecule has 0 saturated heterocycles. The highest BCUT2D eigenvalue weighted by molar-refractivity contribution is 5.83. The van der Waals surface area contributed by atoms with Gasteiger partial charge in [-0.2, -0.15) is 0 Å². The van der Waals surface area contributed by atoms with Gasteiger partial charge in [0, 0.05) is 13.0 Å². The molecule has 178 valence electrons. The number of aliphatic carboxylic acids is 1. The van der Waals surface area contributed by atoms with Crippen molar-refractivity contribution >= 4 is 17.9 Å². The molecule has 5 N–H and O–H groups in total. The van der Waals surface area contributed by atoms with Crippen molar-refractivity contribution in [2.24, 2.45) is 5.73 Å². The van der Waals surface area contributed by atoms with Crippen molar-refractivity contribution in [2.45, 2.75) is 103 Å². The lowest BCUT2D eigenvalue weighted by atomic mass is 10.1. The molecule has 0 heterocycles. The van der Waals surface area contributed by atoms with Crippen LogP contribution in [0.3, 0.4) is 0 Å². The highest BCUT2D eigenvalue weighted by Gasteiger charge is 2.19. The molecule has 0 aliphatic carbocycles. The molecule has 7 heteroatoms. The maximum absolute atomic E-state index is 12.0. The first-order chi connectivity index (χ1) is 15.0. The van der Waals surface area contributed by atoms with Crippen LogP contribution in [0.4, 0.5) is 4.79 Å². The SMILES string of the molecule is CCCCC/C=C/C/C=C/CCCCCCCC(=O)N[C@@H](CCCNC(N)=O)C(=O)O. The van der Waals surface area contributed by atoms with Gasteiger partial charge in [0.1, 0.15) is 6.04 Å². The normalized spacial score (nSPS) is 12.3. The number of allylic oxidation sites excluding steroid dienone is 4. The van der Waals surface area contributed by atoms with Gasteiger partial charge in [-0.05, 0) is 51.4 Å². The van der Waals surface area contributed by atoms with E-state index < -0.39 is 18.0 Å². The number of carbonyl (C=O) groups excluding carboxylic acids is 2. The molecule has 0 aromatic rings. The Kier molecular flexibility index (Phi) is 19.4. The summed E-state index contributed by atoms with van der Waals surface area (Å²) in [4.78, 5) is 33.8. The lowest BCUT2D eigenvalue weighted by Gasteiger charge is -2.14. The van der Waals surface area contributed by atoms with E-state index in [1.165, 1.54) is 25.7 Å². The van der Waals surface area contributed by atoms with E-state index in [-0.39, 0.29) is 12.3 Å². The van der Waals surface area contributed by atoms with Crippen LogP contribution in [0, 0.1) is 0 Å². The summed E-state index contributed by atoms with van der Waals surface area (Å²) < 4.78 is 0. The van der Waals surface area contributed by atoms with Gasteiger partial charge in [0.15, 0.2) is 0 Å². The third kappa shape index (κ3) is 20.7. The van der Waals surface area contributed by atoms with Gasteiger partial charge in [0.25, 0.3) is 0 Å². The van der Waals surface area contributed by atoms with Crippen molar-refractivity contribution in [3.05, 3.63) is 24.3 Å². The molecule has 3 amide bonds. The summed E-state index contributed by atoms with van der Waals surface area (Å²) in [6, 6.07) is -1.57. The predicted octanol–water partition coefficient (Wildman–Crippen LogP) is 4.82. The van der Waals surface area contributed by atoms with Crippen molar-refractivity contribution in [1.29, 1.82) is 0 Å². The number of urea groups is 1. The van der Waals surface area contributed by atoms with Crippen LogP contribution in [-0.2, 0) is 9.59 Å². The lowest BCUT2D eigenvalue weighted by molar-refractivity contribution is -0.142. The van der Waals surface area contributed by atoms with Crippen molar-refractivity contribution in [2.75, 3.05) is 6.54 Å². The van der Waals surface area contributed by atoms with E-state index in [2.05, 4.69) is 41.9 Å². The molecule has 0 unspecified atom stereocenters. The molecule has 0 aromatic carbocycles. The number of nitrogens with two attached hydrogens (primary N) is 1. The summed E-state index contributed by atoms with van der Waals surface area (Å²) in [5, 5.41) is 14.2. The number of hydrogen-bond donors (Lipinski definition) is 4. The van der Waals surface area contributed by atoms with E-state index in [1.54, 1.807) is 0 Å². The molecule has 7 nitrogen and oxygen atoms in total. The van der Waals surface area contributed by atoms with Crippen LogP contribution in [-0.4, -0.2) is 35.6 Å². The summed E-state index contributed by atoms with van der Waals surface area (Å²) in [7, 11) is 0. The van der Waals surface area contributed by atoms with Gasteiger partial charge in [-0.25, -0.2) is 9.59 Å². The maximum atomic E-state index is 12.0. The van der Waals surface area contributed by atoms with Crippen molar-refractivity contribution in [3.8, 4) is 0 Å². The molecular weight excluding hydrogens is 394 g/mol. The number of primary amides is 1. The Morgan fingerprint density at radius 3 is 2.10 bits per heavy atom. The Labute approximate surface area is 187 Å². The van der Waals surface area contributed by atoms with Gasteiger partial charge in [-0.1, -0.05) is 63.3 Å². The fourth-order valence-electron chi connectivity index (χ4n) is 3.14. The van der Waals surface area contributed by atoms with Gasteiger partial charge in [-0.15, -0.1) is 0 Å². The highest BCUT2D eigenvalue weighted by atomic mass is 16.4. The number of unbranched alkanes of at least 4 members (excludes halogenated alkanes) is 8. The summed E-state index contributed by atoms with van der Waals surface area (Å²) in [6.45, 7) is 2.51. The average molecular weight is 438 g/mol. The molecular formula is C24H43N3O4.